The number of sulfonamides is 1. The standard InChI is InChI=1S/C28H30Cl2FN3O4S/c1-3-14-32-28(36)26(4-2)33(18-20-10-12-23(31)13-11-20)27(35)19-34(24-16-21(29)15-22(30)17-24)39(37,38)25-8-6-5-7-9-25/h5-13,15-17,26H,3-4,14,18-19H2,1-2H3,(H,32,36)/t26-/m1/s1. The van der Waals surface area contributed by atoms with Crippen LogP contribution in [0, 0.1) is 5.82 Å². The molecule has 3 aromatic rings. The quantitative estimate of drug-likeness (QED) is 0.293. The van der Waals surface area contributed by atoms with Crippen molar-refractivity contribution in [1.29, 1.82) is 0 Å². The number of hydrogen-bond acceptors (Lipinski definition) is 4. The molecule has 0 spiro atoms. The molecule has 0 radical (unpaired) electrons. The Morgan fingerprint density at radius 2 is 1.56 bits per heavy atom. The molecule has 0 saturated heterocycles. The van der Waals surface area contributed by atoms with Gasteiger partial charge < -0.3 is 10.2 Å². The molecular weight excluding hydrogens is 564 g/mol. The number of benzene rings is 3. The average molecular weight is 595 g/mol. The number of rotatable bonds is 12. The Morgan fingerprint density at radius 1 is 0.949 bits per heavy atom. The first-order valence-corrected chi connectivity index (χ1v) is 14.6. The average Bonchev–Trinajstić information content (AvgIpc) is 2.91. The molecule has 0 unspecified atom stereocenters. The molecule has 0 bridgehead atoms. The van der Waals surface area contributed by atoms with Crippen molar-refractivity contribution in [2.75, 3.05) is 17.4 Å². The summed E-state index contributed by atoms with van der Waals surface area (Å²) in [6.07, 6.45) is 0.976. The first-order chi connectivity index (χ1) is 18.6. The highest BCUT2D eigenvalue weighted by atomic mass is 35.5. The van der Waals surface area contributed by atoms with Gasteiger partial charge in [-0.2, -0.15) is 0 Å². The molecule has 7 nitrogen and oxygen atoms in total. The van der Waals surface area contributed by atoms with Gasteiger partial charge >= 0.3 is 0 Å². The highest BCUT2D eigenvalue weighted by Crippen LogP contribution is 2.30. The third-order valence-electron chi connectivity index (χ3n) is 5.95. The van der Waals surface area contributed by atoms with Crippen molar-refractivity contribution in [3.8, 4) is 0 Å². The molecule has 0 aliphatic heterocycles. The van der Waals surface area contributed by atoms with Crippen molar-refractivity contribution in [3.05, 3.63) is 94.2 Å². The van der Waals surface area contributed by atoms with E-state index in [1.165, 1.54) is 59.5 Å². The fraction of sp³-hybridized carbons (Fsp3) is 0.286. The van der Waals surface area contributed by atoms with Crippen LogP contribution in [0.25, 0.3) is 0 Å². The Hall–Kier alpha value is -3.14. The van der Waals surface area contributed by atoms with E-state index in [1.807, 2.05) is 6.92 Å². The largest absolute Gasteiger partial charge is 0.354 e. The second-order valence-corrected chi connectivity index (χ2v) is 11.6. The third-order valence-corrected chi connectivity index (χ3v) is 8.17. The van der Waals surface area contributed by atoms with Crippen LogP contribution in [0.3, 0.4) is 0 Å². The van der Waals surface area contributed by atoms with E-state index < -0.39 is 34.3 Å². The van der Waals surface area contributed by atoms with E-state index in [4.69, 9.17) is 23.2 Å². The lowest BCUT2D eigenvalue weighted by atomic mass is 10.1. The minimum atomic E-state index is -4.24. The van der Waals surface area contributed by atoms with Crippen LogP contribution in [0.1, 0.15) is 32.3 Å². The number of anilines is 1. The van der Waals surface area contributed by atoms with E-state index in [0.717, 1.165) is 4.31 Å². The summed E-state index contributed by atoms with van der Waals surface area (Å²) in [5, 5.41) is 3.18. The van der Waals surface area contributed by atoms with Gasteiger partial charge in [0.25, 0.3) is 10.0 Å². The van der Waals surface area contributed by atoms with Crippen LogP contribution in [0.15, 0.2) is 77.7 Å². The molecule has 11 heteroatoms. The number of carbonyl (C=O) groups excluding carboxylic acids is 2. The maximum absolute atomic E-state index is 13.9. The number of amides is 2. The van der Waals surface area contributed by atoms with Gasteiger partial charge in [0.05, 0.1) is 10.6 Å². The van der Waals surface area contributed by atoms with Crippen LogP contribution in [-0.4, -0.2) is 44.3 Å². The zero-order chi connectivity index (χ0) is 28.6. The third kappa shape index (κ3) is 7.94. The number of nitrogens with zero attached hydrogens (tertiary/aromatic N) is 2. The summed E-state index contributed by atoms with van der Waals surface area (Å²) in [6.45, 7) is 3.42. The summed E-state index contributed by atoms with van der Waals surface area (Å²) in [6, 6.07) is 16.6. The van der Waals surface area contributed by atoms with E-state index >= 15 is 0 Å². The molecular formula is C28H30Cl2FN3O4S. The first kappa shape index (κ1) is 30.4. The maximum Gasteiger partial charge on any atom is 0.264 e. The van der Waals surface area contributed by atoms with Crippen molar-refractivity contribution >= 4 is 50.7 Å². The van der Waals surface area contributed by atoms with E-state index in [-0.39, 0.29) is 39.5 Å². The summed E-state index contributed by atoms with van der Waals surface area (Å²) in [5.41, 5.74) is 0.671. The molecule has 0 saturated carbocycles. The Morgan fingerprint density at radius 3 is 2.13 bits per heavy atom. The molecule has 39 heavy (non-hydrogen) atoms. The highest BCUT2D eigenvalue weighted by molar-refractivity contribution is 7.92. The molecule has 0 aliphatic rings. The van der Waals surface area contributed by atoms with Crippen molar-refractivity contribution < 1.29 is 22.4 Å². The van der Waals surface area contributed by atoms with Gasteiger partial charge in [-0.15, -0.1) is 0 Å². The SMILES string of the molecule is CCCNC(=O)[C@@H](CC)N(Cc1ccc(F)cc1)C(=O)CN(c1cc(Cl)cc(Cl)c1)S(=O)(=O)c1ccccc1. The topological polar surface area (TPSA) is 86.8 Å². The normalized spacial score (nSPS) is 12.0. The molecule has 0 heterocycles. The van der Waals surface area contributed by atoms with Gasteiger partial charge in [0.1, 0.15) is 18.4 Å². The van der Waals surface area contributed by atoms with Gasteiger partial charge in [0.15, 0.2) is 0 Å². The Kier molecular flexibility index (Phi) is 10.7. The zero-order valence-electron chi connectivity index (χ0n) is 21.6. The summed E-state index contributed by atoms with van der Waals surface area (Å²) in [5.74, 6) is -1.44. The second kappa shape index (κ2) is 13.8. The molecule has 3 rings (SSSR count). The van der Waals surface area contributed by atoms with Gasteiger partial charge in [-0.05, 0) is 60.9 Å². The summed E-state index contributed by atoms with van der Waals surface area (Å²) < 4.78 is 42.0. The molecule has 208 valence electrons. The Bertz CT molecular complexity index is 1370. The van der Waals surface area contributed by atoms with E-state index in [0.29, 0.717) is 18.5 Å². The van der Waals surface area contributed by atoms with Crippen LogP contribution in [0.2, 0.25) is 10.0 Å². The lowest BCUT2D eigenvalue weighted by Crippen LogP contribution is -2.52. The number of nitrogens with one attached hydrogen (secondary N) is 1. The van der Waals surface area contributed by atoms with Crippen LogP contribution >= 0.6 is 23.2 Å². The molecule has 1 N–H and O–H groups in total. The highest BCUT2D eigenvalue weighted by Gasteiger charge is 2.33. The van der Waals surface area contributed by atoms with Crippen molar-refractivity contribution in [3.63, 3.8) is 0 Å². The lowest BCUT2D eigenvalue weighted by Gasteiger charge is -2.33. The lowest BCUT2D eigenvalue weighted by molar-refractivity contribution is -0.140. The van der Waals surface area contributed by atoms with E-state index in [2.05, 4.69) is 5.32 Å². The van der Waals surface area contributed by atoms with Crippen molar-refractivity contribution in [1.82, 2.24) is 10.2 Å². The zero-order valence-corrected chi connectivity index (χ0v) is 23.9. The molecule has 0 fully saturated rings. The van der Waals surface area contributed by atoms with Crippen LogP contribution in [0.5, 0.6) is 0 Å². The first-order valence-electron chi connectivity index (χ1n) is 12.4. The summed E-state index contributed by atoms with van der Waals surface area (Å²) in [7, 11) is -4.24. The summed E-state index contributed by atoms with van der Waals surface area (Å²) in [4.78, 5) is 28.3. The molecule has 1 atom stereocenters. The minimum absolute atomic E-state index is 0.0350. The van der Waals surface area contributed by atoms with Gasteiger partial charge in [-0.1, -0.05) is 67.4 Å². The van der Waals surface area contributed by atoms with Crippen LogP contribution < -0.4 is 9.62 Å². The monoisotopic (exact) mass is 593 g/mol. The van der Waals surface area contributed by atoms with Gasteiger partial charge in [0, 0.05) is 23.1 Å². The smallest absolute Gasteiger partial charge is 0.264 e. The Balaban J connectivity index is 2.06. The van der Waals surface area contributed by atoms with Crippen LogP contribution in [0.4, 0.5) is 10.1 Å². The molecule has 0 aliphatic carbocycles. The van der Waals surface area contributed by atoms with Gasteiger partial charge in [-0.25, -0.2) is 12.8 Å². The fourth-order valence-corrected chi connectivity index (χ4v) is 5.94. The van der Waals surface area contributed by atoms with Crippen molar-refractivity contribution in [2.45, 2.75) is 44.2 Å². The number of carbonyl (C=O) groups is 2. The summed E-state index contributed by atoms with van der Waals surface area (Å²) >= 11 is 12.4. The van der Waals surface area contributed by atoms with Gasteiger partial charge in [0.2, 0.25) is 11.8 Å². The molecule has 0 aromatic heterocycles. The van der Waals surface area contributed by atoms with Gasteiger partial charge in [-0.3, -0.25) is 13.9 Å². The second-order valence-electron chi connectivity index (χ2n) is 8.82. The maximum atomic E-state index is 13.9. The van der Waals surface area contributed by atoms with E-state index in [9.17, 15) is 22.4 Å². The minimum Gasteiger partial charge on any atom is -0.354 e. The van der Waals surface area contributed by atoms with Crippen LogP contribution in [-0.2, 0) is 26.2 Å². The Labute approximate surface area is 238 Å². The fourth-order valence-electron chi connectivity index (χ4n) is 4.00. The van der Waals surface area contributed by atoms with Crippen molar-refractivity contribution in [2.24, 2.45) is 0 Å². The molecule has 2 amide bonds. The predicted octanol–water partition coefficient (Wildman–Crippen LogP) is 5.66. The number of hydrogen-bond donors (Lipinski definition) is 1. The molecule has 3 aromatic carbocycles. The number of halogens is 3. The predicted molar refractivity (Wildman–Crippen MR) is 152 cm³/mol. The van der Waals surface area contributed by atoms with E-state index in [1.54, 1.807) is 25.1 Å².